The quantitative estimate of drug-likeness (QED) is 0.754. The Morgan fingerprint density at radius 3 is 2.67 bits per heavy atom. The van der Waals surface area contributed by atoms with Crippen molar-refractivity contribution in [3.05, 3.63) is 35.4 Å². The van der Waals surface area contributed by atoms with Gasteiger partial charge in [0, 0.05) is 25.6 Å². The molecule has 0 unspecified atom stereocenters. The highest BCUT2D eigenvalue weighted by Crippen LogP contribution is 2.18. The van der Waals surface area contributed by atoms with Gasteiger partial charge in [-0.3, -0.25) is 4.79 Å². The van der Waals surface area contributed by atoms with E-state index < -0.39 is 6.03 Å². The predicted octanol–water partition coefficient (Wildman–Crippen LogP) is 2.76. The molecule has 5 heteroatoms. The summed E-state index contributed by atoms with van der Waals surface area (Å²) in [6.07, 6.45) is 6.60. The van der Waals surface area contributed by atoms with E-state index in [0.717, 1.165) is 45.1 Å². The van der Waals surface area contributed by atoms with E-state index in [-0.39, 0.29) is 11.9 Å². The molecule has 0 radical (unpaired) electrons. The van der Waals surface area contributed by atoms with Crippen LogP contribution in [0.15, 0.2) is 24.3 Å². The van der Waals surface area contributed by atoms with Crippen LogP contribution in [0.2, 0.25) is 0 Å². The molecule has 1 aliphatic heterocycles. The lowest BCUT2D eigenvalue weighted by molar-refractivity contribution is -0.134. The minimum absolute atomic E-state index is 0.0934. The fourth-order valence-electron chi connectivity index (χ4n) is 3.26. The van der Waals surface area contributed by atoms with E-state index in [0.29, 0.717) is 13.0 Å². The number of nitrogens with zero attached hydrogens (tertiary/aromatic N) is 1. The van der Waals surface area contributed by atoms with Crippen LogP contribution in [-0.2, 0) is 11.2 Å². The van der Waals surface area contributed by atoms with Gasteiger partial charge in [-0.15, -0.1) is 0 Å². The minimum Gasteiger partial charge on any atom is -0.352 e. The first-order valence-corrected chi connectivity index (χ1v) is 8.94. The number of piperidine rings is 1. The smallest absolute Gasteiger partial charge is 0.312 e. The molecular formula is C19H29N3O2. The standard InChI is InChI=1S/C19H29N3O2/c1-15-9-11-16(12-10-15)6-2-3-8-18(23)22-13-5-4-7-17(22)14-21-19(20)24/h9-12,17H,2-8,13-14H2,1H3,(H3,20,21,24)/t17-/m0/s1. The highest BCUT2D eigenvalue weighted by Gasteiger charge is 2.26. The maximum absolute atomic E-state index is 12.5. The van der Waals surface area contributed by atoms with E-state index in [2.05, 4.69) is 36.5 Å². The lowest BCUT2D eigenvalue weighted by atomic mass is 10.0. The number of rotatable bonds is 7. The van der Waals surface area contributed by atoms with Crippen molar-refractivity contribution in [3.63, 3.8) is 0 Å². The normalized spacial score (nSPS) is 17.5. The van der Waals surface area contributed by atoms with Crippen molar-refractivity contribution in [1.82, 2.24) is 10.2 Å². The van der Waals surface area contributed by atoms with Crippen LogP contribution in [0, 0.1) is 6.92 Å². The number of carbonyl (C=O) groups excluding carboxylic acids is 2. The Bertz CT molecular complexity index is 542. The molecule has 3 amide bonds. The largest absolute Gasteiger partial charge is 0.352 e. The van der Waals surface area contributed by atoms with Gasteiger partial charge < -0.3 is 16.0 Å². The zero-order valence-corrected chi connectivity index (χ0v) is 14.6. The summed E-state index contributed by atoms with van der Waals surface area (Å²) in [5.74, 6) is 0.204. The van der Waals surface area contributed by atoms with E-state index in [1.807, 2.05) is 4.90 Å². The van der Waals surface area contributed by atoms with E-state index in [1.54, 1.807) is 0 Å². The number of nitrogens with two attached hydrogens (primary N) is 1. The maximum Gasteiger partial charge on any atom is 0.312 e. The Balaban J connectivity index is 1.73. The van der Waals surface area contributed by atoms with Crippen molar-refractivity contribution < 1.29 is 9.59 Å². The van der Waals surface area contributed by atoms with Crippen LogP contribution in [0.5, 0.6) is 0 Å². The highest BCUT2D eigenvalue weighted by molar-refractivity contribution is 5.77. The predicted molar refractivity (Wildman–Crippen MR) is 95.7 cm³/mol. The molecule has 1 aromatic carbocycles. The average Bonchev–Trinajstić information content (AvgIpc) is 2.58. The van der Waals surface area contributed by atoms with Gasteiger partial charge in [0.2, 0.25) is 5.91 Å². The average molecular weight is 331 g/mol. The van der Waals surface area contributed by atoms with Crippen LogP contribution >= 0.6 is 0 Å². The van der Waals surface area contributed by atoms with Crippen LogP contribution in [0.1, 0.15) is 49.7 Å². The monoisotopic (exact) mass is 331 g/mol. The SMILES string of the molecule is Cc1ccc(CCCCC(=O)N2CCCC[C@H]2CNC(N)=O)cc1. The molecule has 0 spiro atoms. The Morgan fingerprint density at radius 1 is 1.21 bits per heavy atom. The first kappa shape index (κ1) is 18.3. The molecule has 0 saturated carbocycles. The molecule has 1 aromatic rings. The molecule has 1 fully saturated rings. The van der Waals surface area contributed by atoms with Crippen molar-refractivity contribution in [2.24, 2.45) is 5.73 Å². The van der Waals surface area contributed by atoms with Crippen molar-refractivity contribution in [2.45, 2.75) is 57.9 Å². The van der Waals surface area contributed by atoms with Gasteiger partial charge in [0.25, 0.3) is 0 Å². The second-order valence-electron chi connectivity index (χ2n) is 6.67. The number of urea groups is 1. The number of hydrogen-bond donors (Lipinski definition) is 2. The molecule has 1 heterocycles. The lowest BCUT2D eigenvalue weighted by Gasteiger charge is -2.36. The van der Waals surface area contributed by atoms with Crippen LogP contribution in [0.4, 0.5) is 4.79 Å². The second-order valence-corrected chi connectivity index (χ2v) is 6.67. The zero-order valence-electron chi connectivity index (χ0n) is 14.6. The number of hydrogen-bond acceptors (Lipinski definition) is 2. The maximum atomic E-state index is 12.5. The Hall–Kier alpha value is -2.04. The van der Waals surface area contributed by atoms with E-state index >= 15 is 0 Å². The molecule has 5 nitrogen and oxygen atoms in total. The lowest BCUT2D eigenvalue weighted by Crippen LogP contribution is -2.50. The highest BCUT2D eigenvalue weighted by atomic mass is 16.2. The van der Waals surface area contributed by atoms with Gasteiger partial charge in [-0.2, -0.15) is 0 Å². The fraction of sp³-hybridized carbons (Fsp3) is 0.579. The third kappa shape index (κ3) is 5.87. The molecule has 1 saturated heterocycles. The molecule has 1 aliphatic rings. The van der Waals surface area contributed by atoms with Crippen LogP contribution in [0.3, 0.4) is 0 Å². The zero-order chi connectivity index (χ0) is 17.4. The summed E-state index contributed by atoms with van der Waals surface area (Å²) in [5, 5.41) is 2.64. The molecule has 3 N–H and O–H groups in total. The summed E-state index contributed by atoms with van der Waals surface area (Å²) in [6, 6.07) is 8.15. The number of amides is 3. The number of primary amides is 1. The molecule has 1 atom stereocenters. The third-order valence-electron chi connectivity index (χ3n) is 4.69. The fourth-order valence-corrected chi connectivity index (χ4v) is 3.26. The van der Waals surface area contributed by atoms with Crippen molar-refractivity contribution >= 4 is 11.9 Å². The summed E-state index contributed by atoms with van der Waals surface area (Å²) in [4.78, 5) is 25.3. The van der Waals surface area contributed by atoms with Crippen molar-refractivity contribution in [3.8, 4) is 0 Å². The molecule has 0 aliphatic carbocycles. The summed E-state index contributed by atoms with van der Waals surface area (Å²) in [5.41, 5.74) is 7.74. The molecule has 0 bridgehead atoms. The second kappa shape index (κ2) is 9.30. The first-order chi connectivity index (χ1) is 11.6. The van der Waals surface area contributed by atoms with Crippen LogP contribution in [-0.4, -0.2) is 36.0 Å². The topological polar surface area (TPSA) is 75.4 Å². The minimum atomic E-state index is -0.522. The Labute approximate surface area is 144 Å². The molecule has 24 heavy (non-hydrogen) atoms. The molecular weight excluding hydrogens is 302 g/mol. The van der Waals surface area contributed by atoms with E-state index in [1.165, 1.54) is 11.1 Å². The number of unbranched alkanes of at least 4 members (excludes halogenated alkanes) is 1. The number of carbonyl (C=O) groups is 2. The van der Waals surface area contributed by atoms with Crippen molar-refractivity contribution in [1.29, 1.82) is 0 Å². The van der Waals surface area contributed by atoms with Crippen LogP contribution < -0.4 is 11.1 Å². The number of aryl methyl sites for hydroxylation is 2. The van der Waals surface area contributed by atoms with Gasteiger partial charge >= 0.3 is 6.03 Å². The molecule has 132 valence electrons. The molecule has 2 rings (SSSR count). The number of nitrogens with one attached hydrogen (secondary N) is 1. The number of likely N-dealkylation sites (tertiary alicyclic amines) is 1. The van der Waals surface area contributed by atoms with Crippen LogP contribution in [0.25, 0.3) is 0 Å². The van der Waals surface area contributed by atoms with Crippen molar-refractivity contribution in [2.75, 3.05) is 13.1 Å². The summed E-state index contributed by atoms with van der Waals surface area (Å²) in [6.45, 7) is 3.34. The van der Waals surface area contributed by atoms with E-state index in [4.69, 9.17) is 5.73 Å². The van der Waals surface area contributed by atoms with Gasteiger partial charge in [0.1, 0.15) is 0 Å². The third-order valence-corrected chi connectivity index (χ3v) is 4.69. The summed E-state index contributed by atoms with van der Waals surface area (Å²) in [7, 11) is 0. The first-order valence-electron chi connectivity index (χ1n) is 8.94. The Morgan fingerprint density at radius 2 is 1.96 bits per heavy atom. The number of benzene rings is 1. The van der Waals surface area contributed by atoms with Gasteiger partial charge in [0.15, 0.2) is 0 Å². The van der Waals surface area contributed by atoms with Gasteiger partial charge in [-0.05, 0) is 51.0 Å². The summed E-state index contributed by atoms with van der Waals surface area (Å²) >= 11 is 0. The summed E-state index contributed by atoms with van der Waals surface area (Å²) < 4.78 is 0. The Kier molecular flexibility index (Phi) is 7.09. The molecule has 0 aromatic heterocycles. The van der Waals surface area contributed by atoms with Gasteiger partial charge in [-0.25, -0.2) is 4.79 Å². The van der Waals surface area contributed by atoms with Gasteiger partial charge in [-0.1, -0.05) is 29.8 Å². The van der Waals surface area contributed by atoms with Gasteiger partial charge in [0.05, 0.1) is 0 Å². The van der Waals surface area contributed by atoms with E-state index in [9.17, 15) is 9.59 Å².